The molecule has 0 fully saturated rings. The van der Waals surface area contributed by atoms with Gasteiger partial charge in [-0.15, -0.1) is 0 Å². The van der Waals surface area contributed by atoms with Crippen LogP contribution >= 0.6 is 0 Å². The topological polar surface area (TPSA) is 53.2 Å². The summed E-state index contributed by atoms with van der Waals surface area (Å²) in [5, 5.41) is 17.6. The molecule has 15 heavy (non-hydrogen) atoms. The average Bonchev–Trinajstić information content (AvgIpc) is 2.30. The fourth-order valence-corrected chi connectivity index (χ4v) is 1.39. The number of methoxy groups -OCH3 is 1. The van der Waals surface area contributed by atoms with Crippen LogP contribution in [0, 0.1) is 11.3 Å². The number of hydrogen-bond acceptors (Lipinski definition) is 3. The van der Waals surface area contributed by atoms with E-state index < -0.39 is 0 Å². The summed E-state index contributed by atoms with van der Waals surface area (Å²) in [6.45, 7) is 2.01. The van der Waals surface area contributed by atoms with Gasteiger partial charge in [-0.05, 0) is 35.7 Å². The Morgan fingerprint density at radius 1 is 1.60 bits per heavy atom. The molecule has 0 aliphatic carbocycles. The zero-order valence-electron chi connectivity index (χ0n) is 8.82. The van der Waals surface area contributed by atoms with Crippen LogP contribution in [0.3, 0.4) is 0 Å². The molecule has 1 rings (SSSR count). The Bertz CT molecular complexity index is 416. The molecule has 0 aliphatic rings. The van der Waals surface area contributed by atoms with Crippen LogP contribution in [0.15, 0.2) is 24.5 Å². The van der Waals surface area contributed by atoms with Crippen LogP contribution in [0.4, 0.5) is 0 Å². The molecule has 0 saturated carbocycles. The number of hydrogen-bond donors (Lipinski definition) is 1. The molecule has 0 spiro atoms. The van der Waals surface area contributed by atoms with E-state index in [4.69, 9.17) is 15.1 Å². The van der Waals surface area contributed by atoms with E-state index in [2.05, 4.69) is 0 Å². The highest BCUT2D eigenvalue weighted by Crippen LogP contribution is 2.23. The largest absolute Gasteiger partial charge is 0.514 e. The highest BCUT2D eigenvalue weighted by Gasteiger charge is 2.05. The van der Waals surface area contributed by atoms with Crippen molar-refractivity contribution in [1.82, 2.24) is 0 Å². The highest BCUT2D eigenvalue weighted by molar-refractivity contribution is 5.76. The molecule has 0 aliphatic heterocycles. The van der Waals surface area contributed by atoms with Crippen LogP contribution in [-0.4, -0.2) is 12.2 Å². The van der Waals surface area contributed by atoms with Crippen molar-refractivity contribution in [3.63, 3.8) is 0 Å². The van der Waals surface area contributed by atoms with Gasteiger partial charge >= 0.3 is 0 Å². The standard InChI is InChI=1S/C12H13NO2/c1-3-9-6-10(11(7-13)8-14)4-5-12(9)15-2/h4-6,8,14H,3H2,1-2H3/b11-8+. The second-order valence-corrected chi connectivity index (χ2v) is 3.03. The maximum absolute atomic E-state index is 8.85. The maximum atomic E-state index is 8.85. The molecule has 0 saturated heterocycles. The predicted molar refractivity (Wildman–Crippen MR) is 58.6 cm³/mol. The van der Waals surface area contributed by atoms with E-state index in [1.54, 1.807) is 19.2 Å². The van der Waals surface area contributed by atoms with Gasteiger partial charge in [0.25, 0.3) is 0 Å². The molecule has 78 valence electrons. The molecule has 0 atom stereocenters. The molecule has 0 aromatic heterocycles. The van der Waals surface area contributed by atoms with Crippen molar-refractivity contribution in [1.29, 1.82) is 5.26 Å². The molecule has 0 heterocycles. The summed E-state index contributed by atoms with van der Waals surface area (Å²) in [4.78, 5) is 0. The average molecular weight is 203 g/mol. The Labute approximate surface area is 89.2 Å². The van der Waals surface area contributed by atoms with E-state index in [0.29, 0.717) is 5.56 Å². The first-order valence-electron chi connectivity index (χ1n) is 4.68. The van der Waals surface area contributed by atoms with Gasteiger partial charge in [0.15, 0.2) is 0 Å². The number of allylic oxidation sites excluding steroid dienone is 1. The Balaban J connectivity index is 3.20. The second-order valence-electron chi connectivity index (χ2n) is 3.03. The van der Waals surface area contributed by atoms with Crippen LogP contribution in [-0.2, 0) is 6.42 Å². The number of rotatable bonds is 3. The van der Waals surface area contributed by atoms with Gasteiger partial charge < -0.3 is 9.84 Å². The molecule has 3 heteroatoms. The van der Waals surface area contributed by atoms with Crippen LogP contribution < -0.4 is 4.74 Å². The third-order valence-corrected chi connectivity index (χ3v) is 2.22. The summed E-state index contributed by atoms with van der Waals surface area (Å²) in [5.41, 5.74) is 1.98. The third kappa shape index (κ3) is 2.29. The lowest BCUT2D eigenvalue weighted by Gasteiger charge is -2.08. The summed E-state index contributed by atoms with van der Waals surface area (Å²) < 4.78 is 5.17. The third-order valence-electron chi connectivity index (χ3n) is 2.22. The van der Waals surface area contributed by atoms with Crippen LogP contribution in [0.1, 0.15) is 18.1 Å². The molecular formula is C12H13NO2. The quantitative estimate of drug-likeness (QED) is 0.607. The van der Waals surface area contributed by atoms with Crippen molar-refractivity contribution in [2.75, 3.05) is 7.11 Å². The lowest BCUT2D eigenvalue weighted by Crippen LogP contribution is -1.92. The summed E-state index contributed by atoms with van der Waals surface area (Å²) in [7, 11) is 1.61. The summed E-state index contributed by atoms with van der Waals surface area (Å²) in [5.74, 6) is 0.802. The number of ether oxygens (including phenoxy) is 1. The summed E-state index contributed by atoms with van der Waals surface area (Å²) >= 11 is 0. The predicted octanol–water partition coefficient (Wildman–Crippen LogP) is 2.68. The monoisotopic (exact) mass is 203 g/mol. The van der Waals surface area contributed by atoms with Gasteiger partial charge in [-0.1, -0.05) is 6.92 Å². The maximum Gasteiger partial charge on any atom is 0.122 e. The second kappa shape index (κ2) is 5.06. The number of nitrogens with zero attached hydrogens (tertiary/aromatic N) is 1. The first-order valence-corrected chi connectivity index (χ1v) is 4.68. The summed E-state index contributed by atoms with van der Waals surface area (Å²) in [6.07, 6.45) is 1.64. The first-order chi connectivity index (χ1) is 7.26. The molecule has 1 N–H and O–H groups in total. The summed E-state index contributed by atoms with van der Waals surface area (Å²) in [6, 6.07) is 7.33. The number of aliphatic hydroxyl groups is 1. The van der Waals surface area contributed by atoms with Gasteiger partial charge in [0.1, 0.15) is 11.8 Å². The zero-order valence-corrected chi connectivity index (χ0v) is 8.82. The van der Waals surface area contributed by atoms with Crippen molar-refractivity contribution in [2.45, 2.75) is 13.3 Å². The molecule has 1 aromatic rings. The Kier molecular flexibility index (Phi) is 3.75. The number of nitriles is 1. The minimum atomic E-state index is 0.257. The van der Waals surface area contributed by atoms with Crippen molar-refractivity contribution in [2.24, 2.45) is 0 Å². The van der Waals surface area contributed by atoms with E-state index in [-0.39, 0.29) is 5.57 Å². The van der Waals surface area contributed by atoms with Gasteiger partial charge in [-0.25, -0.2) is 0 Å². The molecule has 1 aromatic carbocycles. The van der Waals surface area contributed by atoms with Crippen molar-refractivity contribution < 1.29 is 9.84 Å². The normalized spacial score (nSPS) is 10.9. The molecule has 0 unspecified atom stereocenters. The lowest BCUT2D eigenvalue weighted by atomic mass is 10.0. The number of aliphatic hydroxyl groups excluding tert-OH is 1. The SMILES string of the molecule is CCc1cc(/C(C#N)=C/O)ccc1OC. The van der Waals surface area contributed by atoms with E-state index >= 15 is 0 Å². The van der Waals surface area contributed by atoms with E-state index in [1.807, 2.05) is 19.1 Å². The Morgan fingerprint density at radius 3 is 2.80 bits per heavy atom. The minimum Gasteiger partial charge on any atom is -0.514 e. The van der Waals surface area contributed by atoms with Crippen molar-refractivity contribution >= 4 is 5.57 Å². The van der Waals surface area contributed by atoms with Crippen LogP contribution in [0.2, 0.25) is 0 Å². The van der Waals surface area contributed by atoms with Crippen LogP contribution in [0.5, 0.6) is 5.75 Å². The van der Waals surface area contributed by atoms with Crippen molar-refractivity contribution in [3.8, 4) is 11.8 Å². The van der Waals surface area contributed by atoms with E-state index in [9.17, 15) is 0 Å². The van der Waals surface area contributed by atoms with Gasteiger partial charge in [0, 0.05) is 0 Å². The Morgan fingerprint density at radius 2 is 2.33 bits per heavy atom. The minimum absolute atomic E-state index is 0.257. The van der Waals surface area contributed by atoms with Crippen molar-refractivity contribution in [3.05, 3.63) is 35.6 Å². The van der Waals surface area contributed by atoms with Gasteiger partial charge in [0.05, 0.1) is 18.9 Å². The fourth-order valence-electron chi connectivity index (χ4n) is 1.39. The molecule has 3 nitrogen and oxygen atoms in total. The number of aryl methyl sites for hydroxylation is 1. The molecular weight excluding hydrogens is 190 g/mol. The first kappa shape index (κ1) is 11.1. The van der Waals surface area contributed by atoms with Crippen LogP contribution in [0.25, 0.3) is 5.57 Å². The molecule has 0 radical (unpaired) electrons. The van der Waals surface area contributed by atoms with E-state index in [0.717, 1.165) is 24.0 Å². The number of benzene rings is 1. The lowest BCUT2D eigenvalue weighted by molar-refractivity contribution is 0.410. The van der Waals surface area contributed by atoms with Gasteiger partial charge in [0.2, 0.25) is 0 Å². The zero-order chi connectivity index (χ0) is 11.3. The highest BCUT2D eigenvalue weighted by atomic mass is 16.5. The smallest absolute Gasteiger partial charge is 0.122 e. The van der Waals surface area contributed by atoms with Gasteiger partial charge in [-0.3, -0.25) is 0 Å². The molecule has 0 bridgehead atoms. The van der Waals surface area contributed by atoms with E-state index in [1.165, 1.54) is 0 Å². The van der Waals surface area contributed by atoms with Gasteiger partial charge in [-0.2, -0.15) is 5.26 Å². The Hall–Kier alpha value is -1.95. The fraction of sp³-hybridized carbons (Fsp3) is 0.250. The molecule has 0 amide bonds.